The van der Waals surface area contributed by atoms with Crippen molar-refractivity contribution in [3.63, 3.8) is 0 Å². The normalized spacial score (nSPS) is 10.4. The second-order valence-corrected chi connectivity index (χ2v) is 5.79. The van der Waals surface area contributed by atoms with Crippen LogP contribution in [0.15, 0.2) is 34.8 Å². The molecule has 0 heterocycles. The molecular formula is C15H8BrClF3NO3. The number of rotatable bonds is 4. The first-order valence-corrected chi connectivity index (χ1v) is 7.52. The molecule has 0 unspecified atom stereocenters. The van der Waals surface area contributed by atoms with E-state index in [0.717, 1.165) is 6.07 Å². The maximum absolute atomic E-state index is 13.4. The van der Waals surface area contributed by atoms with Gasteiger partial charge in [-0.1, -0.05) is 27.5 Å². The molecule has 2 aromatic carbocycles. The Morgan fingerprint density at radius 3 is 2.54 bits per heavy atom. The number of amides is 1. The third-order valence-electron chi connectivity index (χ3n) is 2.79. The number of carbonyl (C=O) groups is 2. The molecule has 24 heavy (non-hydrogen) atoms. The van der Waals surface area contributed by atoms with Crippen molar-refractivity contribution in [1.82, 2.24) is 0 Å². The fourth-order valence-corrected chi connectivity index (χ4v) is 2.23. The van der Waals surface area contributed by atoms with Gasteiger partial charge in [-0.2, -0.15) is 0 Å². The van der Waals surface area contributed by atoms with Gasteiger partial charge in [-0.3, -0.25) is 4.79 Å². The lowest BCUT2D eigenvalue weighted by Crippen LogP contribution is -2.22. The van der Waals surface area contributed by atoms with Crippen molar-refractivity contribution in [1.29, 1.82) is 0 Å². The van der Waals surface area contributed by atoms with E-state index in [0.29, 0.717) is 10.5 Å². The third kappa shape index (κ3) is 4.27. The van der Waals surface area contributed by atoms with Crippen molar-refractivity contribution in [2.45, 2.75) is 0 Å². The van der Waals surface area contributed by atoms with E-state index in [4.69, 9.17) is 16.3 Å². The van der Waals surface area contributed by atoms with Crippen LogP contribution in [0.5, 0.6) is 0 Å². The Morgan fingerprint density at radius 2 is 1.83 bits per heavy atom. The molecule has 0 bridgehead atoms. The molecule has 0 aliphatic heterocycles. The smallest absolute Gasteiger partial charge is 0.340 e. The molecule has 0 atom stereocenters. The number of esters is 1. The Morgan fingerprint density at radius 1 is 1.12 bits per heavy atom. The Labute approximate surface area is 147 Å². The SMILES string of the molecule is O=C(COC(=O)c1cc(Br)ccc1Cl)Nc1ccc(F)c(F)c1F. The molecule has 1 amide bonds. The van der Waals surface area contributed by atoms with E-state index in [-0.39, 0.29) is 10.6 Å². The quantitative estimate of drug-likeness (QED) is 0.590. The largest absolute Gasteiger partial charge is 0.452 e. The minimum Gasteiger partial charge on any atom is -0.452 e. The van der Waals surface area contributed by atoms with Gasteiger partial charge >= 0.3 is 5.97 Å². The summed E-state index contributed by atoms with van der Waals surface area (Å²) in [6.07, 6.45) is 0. The zero-order valence-electron chi connectivity index (χ0n) is 11.7. The summed E-state index contributed by atoms with van der Waals surface area (Å²) < 4.78 is 44.6. The maximum atomic E-state index is 13.4. The van der Waals surface area contributed by atoms with Crippen molar-refractivity contribution in [3.8, 4) is 0 Å². The van der Waals surface area contributed by atoms with Crippen LogP contribution in [0.3, 0.4) is 0 Å². The molecule has 0 radical (unpaired) electrons. The molecule has 2 rings (SSSR count). The summed E-state index contributed by atoms with van der Waals surface area (Å²) in [7, 11) is 0. The highest BCUT2D eigenvalue weighted by atomic mass is 79.9. The van der Waals surface area contributed by atoms with E-state index in [1.807, 2.05) is 5.32 Å². The average Bonchev–Trinajstić information content (AvgIpc) is 2.55. The Bertz CT molecular complexity index is 817. The molecule has 0 aliphatic carbocycles. The summed E-state index contributed by atoms with van der Waals surface area (Å²) in [6.45, 7) is -0.764. The van der Waals surface area contributed by atoms with Crippen LogP contribution in [0, 0.1) is 17.5 Å². The fraction of sp³-hybridized carbons (Fsp3) is 0.0667. The lowest BCUT2D eigenvalue weighted by molar-refractivity contribution is -0.119. The van der Waals surface area contributed by atoms with Gasteiger partial charge in [0.15, 0.2) is 24.1 Å². The summed E-state index contributed by atoms with van der Waals surface area (Å²) in [5.41, 5.74) is -0.548. The van der Waals surface area contributed by atoms with Gasteiger partial charge < -0.3 is 10.1 Å². The average molecular weight is 423 g/mol. The summed E-state index contributed by atoms with van der Waals surface area (Å²) in [6, 6.07) is 5.97. The summed E-state index contributed by atoms with van der Waals surface area (Å²) in [5.74, 6) is -6.46. The van der Waals surface area contributed by atoms with Gasteiger partial charge in [0.2, 0.25) is 0 Å². The topological polar surface area (TPSA) is 55.4 Å². The molecule has 0 fully saturated rings. The van der Waals surface area contributed by atoms with Crippen LogP contribution in [0.4, 0.5) is 18.9 Å². The molecule has 0 aliphatic rings. The second-order valence-electron chi connectivity index (χ2n) is 4.47. The number of halogens is 5. The van der Waals surface area contributed by atoms with Crippen LogP contribution < -0.4 is 5.32 Å². The number of carbonyl (C=O) groups excluding carboxylic acids is 2. The number of benzene rings is 2. The second kappa shape index (κ2) is 7.67. The van der Waals surface area contributed by atoms with Crippen molar-refractivity contribution in [2.75, 3.05) is 11.9 Å². The van der Waals surface area contributed by atoms with E-state index in [9.17, 15) is 22.8 Å². The highest BCUT2D eigenvalue weighted by Crippen LogP contribution is 2.22. The van der Waals surface area contributed by atoms with Crippen LogP contribution in [0.25, 0.3) is 0 Å². The first-order valence-electron chi connectivity index (χ1n) is 6.35. The van der Waals surface area contributed by atoms with Crippen LogP contribution in [0.2, 0.25) is 5.02 Å². The van der Waals surface area contributed by atoms with Gasteiger partial charge in [-0.15, -0.1) is 0 Å². The van der Waals surface area contributed by atoms with Crippen molar-refractivity contribution in [3.05, 3.63) is 62.8 Å². The molecule has 0 saturated heterocycles. The summed E-state index contributed by atoms with van der Waals surface area (Å²) >= 11 is 9.00. The molecule has 4 nitrogen and oxygen atoms in total. The fourth-order valence-electron chi connectivity index (χ4n) is 1.67. The standard InChI is InChI=1S/C15H8BrClF3NO3/c16-7-1-2-9(17)8(5-7)15(23)24-6-12(22)21-11-4-3-10(18)13(19)14(11)20/h1-5H,6H2,(H,21,22). The molecule has 0 spiro atoms. The lowest BCUT2D eigenvalue weighted by atomic mass is 10.2. The Balaban J connectivity index is 2.00. The number of ether oxygens (including phenoxy) is 1. The van der Waals surface area contributed by atoms with Crippen molar-refractivity contribution >= 4 is 45.1 Å². The first-order chi connectivity index (χ1) is 11.3. The molecule has 1 N–H and O–H groups in total. The van der Waals surface area contributed by atoms with Gasteiger partial charge in [0.25, 0.3) is 5.91 Å². The van der Waals surface area contributed by atoms with Crippen LogP contribution in [-0.4, -0.2) is 18.5 Å². The predicted octanol–water partition coefficient (Wildman–Crippen LogP) is 4.32. The van der Waals surface area contributed by atoms with E-state index in [1.54, 1.807) is 6.07 Å². The number of nitrogens with one attached hydrogen (secondary N) is 1. The van der Waals surface area contributed by atoms with Gasteiger partial charge in [-0.25, -0.2) is 18.0 Å². The number of anilines is 1. The van der Waals surface area contributed by atoms with Gasteiger partial charge in [0, 0.05) is 4.47 Å². The van der Waals surface area contributed by atoms with E-state index in [1.165, 1.54) is 12.1 Å². The van der Waals surface area contributed by atoms with E-state index < -0.39 is 41.6 Å². The predicted molar refractivity (Wildman–Crippen MR) is 84.4 cm³/mol. The van der Waals surface area contributed by atoms with Gasteiger partial charge in [-0.05, 0) is 30.3 Å². The van der Waals surface area contributed by atoms with E-state index >= 15 is 0 Å². The minimum absolute atomic E-state index is 0.0258. The van der Waals surface area contributed by atoms with Gasteiger partial charge in [0.05, 0.1) is 16.3 Å². The summed E-state index contributed by atoms with van der Waals surface area (Å²) in [4.78, 5) is 23.5. The first kappa shape index (κ1) is 18.3. The number of hydrogen-bond donors (Lipinski definition) is 1. The molecular weight excluding hydrogens is 415 g/mol. The highest BCUT2D eigenvalue weighted by Gasteiger charge is 2.17. The lowest BCUT2D eigenvalue weighted by Gasteiger charge is -2.09. The molecule has 2 aromatic rings. The summed E-state index contributed by atoms with van der Waals surface area (Å²) in [5, 5.41) is 2.09. The monoisotopic (exact) mass is 421 g/mol. The Hall–Kier alpha value is -2.06. The highest BCUT2D eigenvalue weighted by molar-refractivity contribution is 9.10. The van der Waals surface area contributed by atoms with Gasteiger partial charge in [0.1, 0.15) is 0 Å². The van der Waals surface area contributed by atoms with Crippen molar-refractivity contribution < 1.29 is 27.5 Å². The zero-order chi connectivity index (χ0) is 17.9. The van der Waals surface area contributed by atoms with Crippen LogP contribution in [0.1, 0.15) is 10.4 Å². The number of hydrogen-bond acceptors (Lipinski definition) is 3. The maximum Gasteiger partial charge on any atom is 0.340 e. The molecule has 0 saturated carbocycles. The minimum atomic E-state index is -1.72. The van der Waals surface area contributed by atoms with Crippen LogP contribution in [-0.2, 0) is 9.53 Å². The van der Waals surface area contributed by atoms with Crippen LogP contribution >= 0.6 is 27.5 Å². The third-order valence-corrected chi connectivity index (χ3v) is 3.61. The molecule has 9 heteroatoms. The molecule has 126 valence electrons. The Kier molecular flexibility index (Phi) is 5.84. The molecule has 0 aromatic heterocycles. The van der Waals surface area contributed by atoms with E-state index in [2.05, 4.69) is 15.9 Å². The zero-order valence-corrected chi connectivity index (χ0v) is 14.1. The van der Waals surface area contributed by atoms with Crippen molar-refractivity contribution in [2.24, 2.45) is 0 Å².